The maximum atomic E-state index is 9.22. The molecule has 4 aromatic rings. The zero-order valence-corrected chi connectivity index (χ0v) is 29.2. The van der Waals surface area contributed by atoms with Crippen LogP contribution in [0.4, 0.5) is 0 Å². The predicted molar refractivity (Wildman–Crippen MR) is 181 cm³/mol. The van der Waals surface area contributed by atoms with Crippen LogP contribution in [0.25, 0.3) is 21.5 Å². The summed E-state index contributed by atoms with van der Waals surface area (Å²) in [6, 6.07) is 24.0. The Balaban J connectivity index is 0.000000222. The standard InChI is InChI=1S/C16H23BO3Si.C16H21BrOSi/c1-16(2,3)21(4,5)20-15-9-7-12-10-14(17(18)19)8-6-13(12)11-15;1-16(2,3)19(4,5)18-15-9-7-12-10-14(17)8-6-13(12)11-15/h6-11,18-19H,1-5H3;6-11H,1-5H3. The largest absolute Gasteiger partial charge is 0.543 e. The summed E-state index contributed by atoms with van der Waals surface area (Å²) in [7, 11) is -5.03. The van der Waals surface area contributed by atoms with E-state index in [0.29, 0.717) is 5.46 Å². The molecule has 0 radical (unpaired) electrons. The normalized spacial score (nSPS) is 12.6. The molecule has 4 nitrogen and oxygen atoms in total. The lowest BCUT2D eigenvalue weighted by Crippen LogP contribution is -2.43. The van der Waals surface area contributed by atoms with Crippen molar-refractivity contribution in [3.05, 3.63) is 77.3 Å². The van der Waals surface area contributed by atoms with Gasteiger partial charge in [-0.3, -0.25) is 0 Å². The SMILES string of the molecule is CC(C)(C)[Si](C)(C)Oc1ccc2cc(B(O)O)ccc2c1.CC(C)(C)[Si](C)(C)Oc1ccc2cc(Br)ccc2c1. The Morgan fingerprint density at radius 1 is 0.575 bits per heavy atom. The second-order valence-electron chi connectivity index (χ2n) is 13.5. The highest BCUT2D eigenvalue weighted by Gasteiger charge is 2.39. The minimum Gasteiger partial charge on any atom is -0.543 e. The number of fused-ring (bicyclic) bond motifs is 2. The number of hydrogen-bond donors (Lipinski definition) is 2. The van der Waals surface area contributed by atoms with Crippen LogP contribution in [0.15, 0.2) is 77.3 Å². The fourth-order valence-corrected chi connectivity index (χ4v) is 6.04. The van der Waals surface area contributed by atoms with Crippen LogP contribution in [-0.2, 0) is 0 Å². The maximum absolute atomic E-state index is 9.22. The van der Waals surface area contributed by atoms with Crippen LogP contribution in [-0.4, -0.2) is 33.8 Å². The molecular formula is C32H44BBrO4Si2. The minimum atomic E-state index is -1.84. The lowest BCUT2D eigenvalue weighted by atomic mass is 9.79. The maximum Gasteiger partial charge on any atom is 0.488 e. The average Bonchev–Trinajstić information content (AvgIpc) is 2.82. The third-order valence-corrected chi connectivity index (χ3v) is 17.5. The quantitative estimate of drug-likeness (QED) is 0.214. The molecule has 0 saturated heterocycles. The Kier molecular flexibility index (Phi) is 9.74. The summed E-state index contributed by atoms with van der Waals surface area (Å²) in [5, 5.41) is 23.3. The van der Waals surface area contributed by atoms with Gasteiger partial charge < -0.3 is 18.9 Å². The van der Waals surface area contributed by atoms with Gasteiger partial charge in [0.2, 0.25) is 16.6 Å². The van der Waals surface area contributed by atoms with Gasteiger partial charge in [-0.2, -0.15) is 0 Å². The van der Waals surface area contributed by atoms with E-state index in [1.54, 1.807) is 12.1 Å². The molecule has 40 heavy (non-hydrogen) atoms. The van der Waals surface area contributed by atoms with E-state index in [-0.39, 0.29) is 10.1 Å². The first-order chi connectivity index (χ1) is 18.3. The molecule has 0 bridgehead atoms. The van der Waals surface area contributed by atoms with Gasteiger partial charge in [-0.25, -0.2) is 0 Å². The van der Waals surface area contributed by atoms with Crippen molar-refractivity contribution in [1.82, 2.24) is 0 Å². The molecule has 214 valence electrons. The molecule has 2 N–H and O–H groups in total. The first kappa shape index (κ1) is 32.4. The Bertz CT molecular complexity index is 1470. The molecule has 0 aliphatic carbocycles. The molecule has 0 aliphatic heterocycles. The molecule has 4 aromatic carbocycles. The van der Waals surface area contributed by atoms with E-state index in [0.717, 1.165) is 26.7 Å². The lowest BCUT2D eigenvalue weighted by molar-refractivity contribution is 0.426. The molecule has 0 aromatic heterocycles. The van der Waals surface area contributed by atoms with Gasteiger partial charge in [0, 0.05) is 4.47 Å². The van der Waals surface area contributed by atoms with Crippen LogP contribution in [0.1, 0.15) is 41.5 Å². The monoisotopic (exact) mass is 638 g/mol. The minimum absolute atomic E-state index is 0.160. The van der Waals surface area contributed by atoms with Crippen LogP contribution in [0.5, 0.6) is 11.5 Å². The van der Waals surface area contributed by atoms with Gasteiger partial charge in [-0.1, -0.05) is 93.9 Å². The number of benzene rings is 4. The summed E-state index contributed by atoms with van der Waals surface area (Å²) >= 11 is 3.50. The highest BCUT2D eigenvalue weighted by atomic mass is 79.9. The summed E-state index contributed by atoms with van der Waals surface area (Å²) < 4.78 is 13.7. The van der Waals surface area contributed by atoms with Crippen LogP contribution in [0, 0.1) is 0 Å². The van der Waals surface area contributed by atoms with Crippen molar-refractivity contribution in [3.8, 4) is 11.5 Å². The second-order valence-corrected chi connectivity index (χ2v) is 23.9. The molecule has 0 fully saturated rings. The van der Waals surface area contributed by atoms with Crippen molar-refractivity contribution in [2.24, 2.45) is 0 Å². The summed E-state index contributed by atoms with van der Waals surface area (Å²) in [6.45, 7) is 22.4. The molecular weight excluding hydrogens is 595 g/mol. The van der Waals surface area contributed by atoms with Crippen molar-refractivity contribution in [2.75, 3.05) is 0 Å². The van der Waals surface area contributed by atoms with Gasteiger partial charge in [0.25, 0.3) is 0 Å². The predicted octanol–water partition coefficient (Wildman–Crippen LogP) is 8.89. The Morgan fingerprint density at radius 2 is 0.950 bits per heavy atom. The molecule has 0 unspecified atom stereocenters. The Morgan fingerprint density at radius 3 is 1.38 bits per heavy atom. The molecule has 4 rings (SSSR count). The van der Waals surface area contributed by atoms with E-state index in [9.17, 15) is 10.0 Å². The third kappa shape index (κ3) is 8.01. The van der Waals surface area contributed by atoms with E-state index >= 15 is 0 Å². The van der Waals surface area contributed by atoms with E-state index in [2.05, 4.69) is 120 Å². The fourth-order valence-electron chi connectivity index (χ4n) is 3.62. The molecule has 0 amide bonds. The molecule has 0 atom stereocenters. The summed E-state index contributed by atoms with van der Waals surface area (Å²) in [5.41, 5.74) is 0.501. The van der Waals surface area contributed by atoms with Crippen LogP contribution >= 0.6 is 15.9 Å². The zero-order valence-electron chi connectivity index (χ0n) is 25.6. The number of rotatable bonds is 5. The number of hydrogen-bond acceptors (Lipinski definition) is 4. The first-order valence-electron chi connectivity index (χ1n) is 13.8. The Hall–Kier alpha value is -2.10. The Labute approximate surface area is 251 Å². The van der Waals surface area contributed by atoms with Crippen LogP contribution in [0.2, 0.25) is 36.3 Å². The first-order valence-corrected chi connectivity index (χ1v) is 20.4. The summed E-state index contributed by atoms with van der Waals surface area (Å²) in [4.78, 5) is 0. The third-order valence-electron chi connectivity index (χ3n) is 8.27. The zero-order chi connectivity index (χ0) is 30.1. The molecule has 0 aliphatic rings. The van der Waals surface area contributed by atoms with Crippen molar-refractivity contribution in [2.45, 2.75) is 77.8 Å². The molecule has 8 heteroatoms. The van der Waals surface area contributed by atoms with Crippen LogP contribution < -0.4 is 14.3 Å². The number of halogens is 1. The van der Waals surface area contributed by atoms with Crippen molar-refractivity contribution >= 4 is 66.7 Å². The van der Waals surface area contributed by atoms with E-state index < -0.39 is 23.8 Å². The highest BCUT2D eigenvalue weighted by molar-refractivity contribution is 9.10. The van der Waals surface area contributed by atoms with E-state index in [1.165, 1.54) is 10.8 Å². The van der Waals surface area contributed by atoms with Gasteiger partial charge in [0.05, 0.1) is 0 Å². The summed E-state index contributed by atoms with van der Waals surface area (Å²) in [5.74, 6) is 1.87. The van der Waals surface area contributed by atoms with Crippen molar-refractivity contribution < 1.29 is 18.9 Å². The molecule has 0 spiro atoms. The second kappa shape index (κ2) is 12.0. The smallest absolute Gasteiger partial charge is 0.488 e. The van der Waals surface area contributed by atoms with Crippen molar-refractivity contribution in [1.29, 1.82) is 0 Å². The fraction of sp³-hybridized carbons (Fsp3) is 0.375. The average molecular weight is 640 g/mol. The molecule has 0 saturated carbocycles. The van der Waals surface area contributed by atoms with E-state index in [4.69, 9.17) is 8.85 Å². The van der Waals surface area contributed by atoms with Gasteiger partial charge in [-0.05, 0) is 99.7 Å². The topological polar surface area (TPSA) is 58.9 Å². The van der Waals surface area contributed by atoms with Crippen molar-refractivity contribution in [3.63, 3.8) is 0 Å². The van der Waals surface area contributed by atoms with Crippen LogP contribution in [0.3, 0.4) is 0 Å². The van der Waals surface area contributed by atoms with Gasteiger partial charge in [0.1, 0.15) is 11.5 Å². The van der Waals surface area contributed by atoms with Gasteiger partial charge in [0.15, 0.2) is 0 Å². The van der Waals surface area contributed by atoms with E-state index in [1.807, 2.05) is 24.3 Å². The summed E-state index contributed by atoms with van der Waals surface area (Å²) in [6.07, 6.45) is 0. The van der Waals surface area contributed by atoms with Gasteiger partial charge >= 0.3 is 7.12 Å². The highest BCUT2D eigenvalue weighted by Crippen LogP contribution is 2.39. The molecule has 0 heterocycles. The lowest BCUT2D eigenvalue weighted by Gasteiger charge is -2.36. The van der Waals surface area contributed by atoms with Gasteiger partial charge in [-0.15, -0.1) is 0 Å².